The van der Waals surface area contributed by atoms with Crippen molar-refractivity contribution in [3.05, 3.63) is 64.7 Å². The van der Waals surface area contributed by atoms with Crippen LogP contribution in [0.5, 0.6) is 0 Å². The summed E-state index contributed by atoms with van der Waals surface area (Å²) in [5.41, 5.74) is 2.09. The number of rotatable bonds is 3. The van der Waals surface area contributed by atoms with Gasteiger partial charge in [0.1, 0.15) is 0 Å². The maximum atomic E-state index is 11.8. The lowest BCUT2D eigenvalue weighted by molar-refractivity contribution is -0.111. The van der Waals surface area contributed by atoms with E-state index in [9.17, 15) is 9.00 Å². The summed E-state index contributed by atoms with van der Waals surface area (Å²) in [7, 11) is -1.00. The number of halogens is 1. The molecule has 5 heteroatoms. The summed E-state index contributed by atoms with van der Waals surface area (Å²) in [4.78, 5) is 11.8. The minimum Gasteiger partial charge on any atom is -0.315 e. The molecule has 22 heavy (non-hydrogen) atoms. The second-order valence-electron chi connectivity index (χ2n) is 4.59. The lowest BCUT2D eigenvalue weighted by Crippen LogP contribution is -2.09. The number of nitrogens with one attached hydrogen (secondary N) is 1. The molecule has 0 saturated carbocycles. The fourth-order valence-electron chi connectivity index (χ4n) is 1.79. The summed E-state index contributed by atoms with van der Waals surface area (Å²) in [5, 5.41) is 3.21. The number of carbonyl (C=O) groups excluding carboxylic acids is 1. The van der Waals surface area contributed by atoms with E-state index in [0.29, 0.717) is 16.5 Å². The van der Waals surface area contributed by atoms with Crippen LogP contribution in [-0.4, -0.2) is 16.4 Å². The number of benzene rings is 2. The number of hydrogen-bond donors (Lipinski definition) is 1. The second kappa shape index (κ2) is 7.79. The van der Waals surface area contributed by atoms with E-state index in [0.717, 1.165) is 11.1 Å². The molecule has 0 fully saturated rings. The van der Waals surface area contributed by atoms with Crippen LogP contribution in [0.4, 0.5) is 5.69 Å². The van der Waals surface area contributed by atoms with Crippen LogP contribution in [0.2, 0.25) is 5.02 Å². The van der Waals surface area contributed by atoms with Crippen molar-refractivity contribution in [1.82, 2.24) is 0 Å². The lowest BCUT2D eigenvalue weighted by atomic mass is 10.2. The first-order valence-corrected chi connectivity index (χ1v) is 8.61. The topological polar surface area (TPSA) is 46.2 Å². The minimum absolute atomic E-state index is 0.345. The smallest absolute Gasteiger partial charge is 0.300 e. The highest BCUT2D eigenvalue weighted by Crippen LogP contribution is 2.21. The van der Waals surface area contributed by atoms with Crippen molar-refractivity contribution >= 4 is 34.0 Å². The molecule has 3 nitrogen and oxygen atoms in total. The van der Waals surface area contributed by atoms with Crippen LogP contribution in [0.3, 0.4) is 0 Å². The fourth-order valence-corrected chi connectivity index (χ4v) is 2.74. The molecule has 2 aromatic carbocycles. The Morgan fingerprint density at radius 3 is 2.64 bits per heavy atom. The molecule has 0 radical (unpaired) electrons. The van der Waals surface area contributed by atoms with E-state index in [-0.39, 0.29) is 0 Å². The van der Waals surface area contributed by atoms with Crippen molar-refractivity contribution in [2.24, 2.45) is 0 Å². The molecule has 1 atom stereocenters. The Morgan fingerprint density at radius 1 is 1.23 bits per heavy atom. The fraction of sp³-hybridized carbons (Fsp3) is 0.118. The lowest BCUT2D eigenvalue weighted by Gasteiger charge is -2.06. The van der Waals surface area contributed by atoms with E-state index in [1.807, 2.05) is 30.3 Å². The second-order valence-corrected chi connectivity index (χ2v) is 6.44. The summed E-state index contributed by atoms with van der Waals surface area (Å²) in [5.74, 6) is 5.25. The van der Waals surface area contributed by atoms with E-state index in [1.165, 1.54) is 0 Å². The van der Waals surface area contributed by atoms with Crippen LogP contribution >= 0.6 is 11.6 Å². The first-order chi connectivity index (χ1) is 10.5. The molecule has 1 amide bonds. The quantitative estimate of drug-likeness (QED) is 0.878. The van der Waals surface area contributed by atoms with Crippen molar-refractivity contribution in [3.8, 4) is 11.8 Å². The third kappa shape index (κ3) is 5.03. The van der Waals surface area contributed by atoms with Gasteiger partial charge in [0.05, 0.1) is 0 Å². The summed E-state index contributed by atoms with van der Waals surface area (Å²) < 4.78 is 11.3. The van der Waals surface area contributed by atoms with Crippen molar-refractivity contribution < 1.29 is 9.00 Å². The Balaban J connectivity index is 2.09. The Labute approximate surface area is 137 Å². The first kappa shape index (κ1) is 16.3. The van der Waals surface area contributed by atoms with Gasteiger partial charge in [0.25, 0.3) is 0 Å². The third-order valence-corrected chi connectivity index (χ3v) is 3.84. The highest BCUT2D eigenvalue weighted by Gasteiger charge is 2.05. The molecule has 2 aromatic rings. The van der Waals surface area contributed by atoms with Crippen molar-refractivity contribution in [2.75, 3.05) is 11.6 Å². The van der Waals surface area contributed by atoms with Gasteiger partial charge >= 0.3 is 5.91 Å². The maximum absolute atomic E-state index is 11.8. The average molecular weight is 332 g/mol. The first-order valence-electron chi connectivity index (χ1n) is 6.51. The zero-order valence-electron chi connectivity index (χ0n) is 11.9. The van der Waals surface area contributed by atoms with Gasteiger partial charge in [-0.1, -0.05) is 35.7 Å². The molecule has 0 aliphatic carbocycles. The predicted molar refractivity (Wildman–Crippen MR) is 91.2 cm³/mol. The summed E-state index contributed by atoms with van der Waals surface area (Å²) in [6.07, 6.45) is 1.60. The molecule has 2 rings (SSSR count). The van der Waals surface area contributed by atoms with Crippen LogP contribution in [0.1, 0.15) is 11.1 Å². The van der Waals surface area contributed by atoms with Crippen LogP contribution in [0, 0.1) is 11.8 Å². The van der Waals surface area contributed by atoms with E-state index in [1.54, 1.807) is 24.5 Å². The predicted octanol–water partition coefficient (Wildman–Crippen LogP) is 3.21. The van der Waals surface area contributed by atoms with Crippen LogP contribution < -0.4 is 5.32 Å². The van der Waals surface area contributed by atoms with Gasteiger partial charge in [-0.05, 0) is 35.9 Å². The van der Waals surface area contributed by atoms with E-state index < -0.39 is 16.7 Å². The molecule has 0 aliphatic rings. The monoisotopic (exact) mass is 331 g/mol. The van der Waals surface area contributed by atoms with Crippen molar-refractivity contribution in [2.45, 2.75) is 5.75 Å². The Hall–Kier alpha value is -2.09. The summed E-state index contributed by atoms with van der Waals surface area (Å²) in [6.45, 7) is 0. The van der Waals surface area contributed by atoms with E-state index in [4.69, 9.17) is 11.6 Å². The molecule has 112 valence electrons. The third-order valence-electron chi connectivity index (χ3n) is 2.76. The largest absolute Gasteiger partial charge is 0.315 e. The Bertz CT molecular complexity index is 763. The van der Waals surface area contributed by atoms with Crippen LogP contribution in [0.15, 0.2) is 48.5 Å². The standard InChI is InChI=1S/C17H14ClNO2S/c1-22(21)12-14-11-15(8-9-16(14)18)19-17(20)10-7-13-5-3-2-4-6-13/h2-6,8-9,11H,12H2,1H3,(H,19,20)/t22-/m1/s1. The van der Waals surface area contributed by atoms with Gasteiger partial charge in [0, 0.05) is 45.0 Å². The normalized spacial score (nSPS) is 11.2. The molecule has 0 unspecified atom stereocenters. The average Bonchev–Trinajstić information content (AvgIpc) is 2.49. The molecular weight excluding hydrogens is 318 g/mol. The molecular formula is C17H14ClNO2S. The van der Waals surface area contributed by atoms with Gasteiger partial charge in [-0.3, -0.25) is 9.00 Å². The molecule has 1 N–H and O–H groups in total. The van der Waals surface area contributed by atoms with Crippen LogP contribution in [0.25, 0.3) is 0 Å². The molecule has 0 bridgehead atoms. The molecule has 0 aliphatic heterocycles. The van der Waals surface area contributed by atoms with Crippen LogP contribution in [-0.2, 0) is 21.3 Å². The zero-order chi connectivity index (χ0) is 15.9. The molecule has 0 heterocycles. The SMILES string of the molecule is C[S@@](=O)Cc1cc(NC(=O)C#Cc2ccccc2)ccc1Cl. The highest BCUT2D eigenvalue weighted by atomic mass is 35.5. The zero-order valence-corrected chi connectivity index (χ0v) is 13.5. The van der Waals surface area contributed by atoms with Gasteiger partial charge in [-0.2, -0.15) is 0 Å². The molecule has 0 aromatic heterocycles. The highest BCUT2D eigenvalue weighted by molar-refractivity contribution is 7.83. The van der Waals surface area contributed by atoms with Gasteiger partial charge < -0.3 is 5.32 Å². The van der Waals surface area contributed by atoms with Crippen molar-refractivity contribution in [1.29, 1.82) is 0 Å². The number of carbonyl (C=O) groups is 1. The number of anilines is 1. The Kier molecular flexibility index (Phi) is 5.76. The summed E-state index contributed by atoms with van der Waals surface area (Å²) in [6, 6.07) is 14.3. The summed E-state index contributed by atoms with van der Waals surface area (Å²) >= 11 is 6.04. The molecule has 0 saturated heterocycles. The van der Waals surface area contributed by atoms with Gasteiger partial charge in [0.15, 0.2) is 0 Å². The van der Waals surface area contributed by atoms with Gasteiger partial charge in [0.2, 0.25) is 0 Å². The number of amides is 1. The van der Waals surface area contributed by atoms with Gasteiger partial charge in [-0.25, -0.2) is 0 Å². The Morgan fingerprint density at radius 2 is 1.95 bits per heavy atom. The van der Waals surface area contributed by atoms with Gasteiger partial charge in [-0.15, -0.1) is 0 Å². The maximum Gasteiger partial charge on any atom is 0.300 e. The minimum atomic E-state index is -1.00. The molecule has 0 spiro atoms. The van der Waals surface area contributed by atoms with E-state index in [2.05, 4.69) is 17.2 Å². The van der Waals surface area contributed by atoms with E-state index >= 15 is 0 Å². The van der Waals surface area contributed by atoms with Crippen molar-refractivity contribution in [3.63, 3.8) is 0 Å². The number of hydrogen-bond acceptors (Lipinski definition) is 2.